The van der Waals surface area contributed by atoms with E-state index in [1.165, 1.54) is 18.0 Å². The van der Waals surface area contributed by atoms with Crippen LogP contribution < -0.4 is 0 Å². The lowest BCUT2D eigenvalue weighted by atomic mass is 10.2. The Morgan fingerprint density at radius 3 is 2.94 bits per heavy atom. The molecule has 0 aliphatic heterocycles. The molecule has 0 aliphatic carbocycles. The molecular formula is C13H8N2O2S. The van der Waals surface area contributed by atoms with E-state index in [1.807, 2.05) is 30.3 Å². The molecule has 0 amide bonds. The van der Waals surface area contributed by atoms with Crippen molar-refractivity contribution in [1.29, 1.82) is 0 Å². The van der Waals surface area contributed by atoms with Crippen molar-refractivity contribution in [2.45, 2.75) is 10.2 Å². The van der Waals surface area contributed by atoms with Gasteiger partial charge in [-0.15, -0.1) is 0 Å². The highest BCUT2D eigenvalue weighted by Crippen LogP contribution is 2.29. The van der Waals surface area contributed by atoms with Gasteiger partial charge in [-0.1, -0.05) is 18.2 Å². The first-order chi connectivity index (χ1) is 8.86. The van der Waals surface area contributed by atoms with Gasteiger partial charge in [-0.3, -0.25) is 4.79 Å². The van der Waals surface area contributed by atoms with Gasteiger partial charge >= 0.3 is 0 Å². The van der Waals surface area contributed by atoms with E-state index in [2.05, 4.69) is 9.97 Å². The normalized spacial score (nSPS) is 10.7. The van der Waals surface area contributed by atoms with Crippen molar-refractivity contribution >= 4 is 29.0 Å². The predicted octanol–water partition coefficient (Wildman–Crippen LogP) is 3.19. The Balaban J connectivity index is 2.11. The molecule has 18 heavy (non-hydrogen) atoms. The topological polar surface area (TPSA) is 56.0 Å². The zero-order valence-electron chi connectivity index (χ0n) is 9.24. The SMILES string of the molecule is O=Cc1cc2ccccc2nc1Sc1ncco1. The summed E-state index contributed by atoms with van der Waals surface area (Å²) >= 11 is 1.24. The van der Waals surface area contributed by atoms with Gasteiger partial charge in [0.1, 0.15) is 11.3 Å². The smallest absolute Gasteiger partial charge is 0.261 e. The van der Waals surface area contributed by atoms with Crippen LogP contribution in [0.5, 0.6) is 0 Å². The summed E-state index contributed by atoms with van der Waals surface area (Å²) in [5.41, 5.74) is 1.38. The third kappa shape index (κ3) is 2.00. The summed E-state index contributed by atoms with van der Waals surface area (Å²) in [6.45, 7) is 0. The summed E-state index contributed by atoms with van der Waals surface area (Å²) in [5.74, 6) is 0. The van der Waals surface area contributed by atoms with Crippen molar-refractivity contribution in [3.05, 3.63) is 48.4 Å². The minimum absolute atomic E-state index is 0.473. The molecule has 1 aromatic carbocycles. The largest absolute Gasteiger partial charge is 0.440 e. The standard InChI is InChI=1S/C13H8N2O2S/c16-8-10-7-9-3-1-2-4-11(9)15-12(10)18-13-14-5-6-17-13/h1-8H. The number of hydrogen-bond donors (Lipinski definition) is 0. The third-order valence-electron chi connectivity index (χ3n) is 2.44. The number of oxazole rings is 1. The first-order valence-electron chi connectivity index (χ1n) is 5.29. The number of aldehydes is 1. The van der Waals surface area contributed by atoms with Gasteiger partial charge in [-0.25, -0.2) is 9.97 Å². The number of rotatable bonds is 3. The minimum Gasteiger partial charge on any atom is -0.440 e. The Morgan fingerprint density at radius 1 is 1.28 bits per heavy atom. The number of aromatic nitrogens is 2. The molecule has 3 aromatic rings. The van der Waals surface area contributed by atoms with E-state index in [-0.39, 0.29) is 0 Å². The lowest BCUT2D eigenvalue weighted by Crippen LogP contribution is -1.91. The first-order valence-corrected chi connectivity index (χ1v) is 6.11. The molecule has 0 saturated carbocycles. The third-order valence-corrected chi connectivity index (χ3v) is 3.33. The van der Waals surface area contributed by atoms with Crippen LogP contribution in [0.3, 0.4) is 0 Å². The average molecular weight is 256 g/mol. The zero-order chi connectivity index (χ0) is 12.4. The van der Waals surface area contributed by atoms with Crippen LogP contribution in [0.2, 0.25) is 0 Å². The fraction of sp³-hybridized carbons (Fsp3) is 0. The molecule has 0 spiro atoms. The molecule has 88 valence electrons. The first kappa shape index (κ1) is 11.0. The number of hydrogen-bond acceptors (Lipinski definition) is 5. The fourth-order valence-corrected chi connectivity index (χ4v) is 2.38. The van der Waals surface area contributed by atoms with E-state index in [4.69, 9.17) is 4.42 Å². The number of pyridine rings is 1. The van der Waals surface area contributed by atoms with Crippen molar-refractivity contribution in [3.63, 3.8) is 0 Å². The van der Waals surface area contributed by atoms with Crippen LogP contribution in [0.4, 0.5) is 0 Å². The second kappa shape index (κ2) is 4.62. The van der Waals surface area contributed by atoms with Crippen molar-refractivity contribution in [1.82, 2.24) is 9.97 Å². The van der Waals surface area contributed by atoms with E-state index >= 15 is 0 Å². The van der Waals surface area contributed by atoms with Crippen LogP contribution in [-0.4, -0.2) is 16.3 Å². The molecule has 0 saturated heterocycles. The number of para-hydroxylation sites is 1. The van der Waals surface area contributed by atoms with Gasteiger partial charge in [-0.05, 0) is 23.9 Å². The number of nitrogens with zero attached hydrogens (tertiary/aromatic N) is 2. The maximum atomic E-state index is 11.1. The molecule has 0 fully saturated rings. The molecule has 0 atom stereocenters. The van der Waals surface area contributed by atoms with Crippen LogP contribution in [0, 0.1) is 0 Å². The zero-order valence-corrected chi connectivity index (χ0v) is 10.1. The molecule has 2 aromatic heterocycles. The number of benzene rings is 1. The Kier molecular flexibility index (Phi) is 2.82. The van der Waals surface area contributed by atoms with Gasteiger partial charge in [0.2, 0.25) is 0 Å². The van der Waals surface area contributed by atoms with Crippen LogP contribution in [0.1, 0.15) is 10.4 Å². The molecule has 0 bridgehead atoms. The number of fused-ring (bicyclic) bond motifs is 1. The average Bonchev–Trinajstić information content (AvgIpc) is 2.91. The van der Waals surface area contributed by atoms with Crippen LogP contribution in [-0.2, 0) is 0 Å². The fourth-order valence-electron chi connectivity index (χ4n) is 1.62. The van der Waals surface area contributed by atoms with Crippen LogP contribution in [0.15, 0.2) is 57.5 Å². The molecular weight excluding hydrogens is 248 g/mol. The van der Waals surface area contributed by atoms with Gasteiger partial charge in [0.25, 0.3) is 5.22 Å². The van der Waals surface area contributed by atoms with Crippen molar-refractivity contribution < 1.29 is 9.21 Å². The Bertz CT molecular complexity index is 695. The van der Waals surface area contributed by atoms with Crippen LogP contribution >= 0.6 is 11.8 Å². The Hall–Kier alpha value is -2.14. The summed E-state index contributed by atoms with van der Waals surface area (Å²) in [4.78, 5) is 19.6. The summed E-state index contributed by atoms with van der Waals surface area (Å²) in [6.07, 6.45) is 3.85. The highest BCUT2D eigenvalue weighted by atomic mass is 32.2. The highest BCUT2D eigenvalue weighted by Gasteiger charge is 2.10. The molecule has 0 N–H and O–H groups in total. The maximum absolute atomic E-state index is 11.1. The van der Waals surface area contributed by atoms with Gasteiger partial charge in [0, 0.05) is 10.9 Å². The minimum atomic E-state index is 0.473. The number of carbonyl (C=O) groups is 1. The molecule has 0 aliphatic rings. The van der Waals surface area contributed by atoms with Gasteiger partial charge < -0.3 is 4.42 Å². The van der Waals surface area contributed by atoms with Crippen molar-refractivity contribution in [2.75, 3.05) is 0 Å². The predicted molar refractivity (Wildman–Crippen MR) is 67.8 cm³/mol. The maximum Gasteiger partial charge on any atom is 0.261 e. The van der Waals surface area contributed by atoms with E-state index in [1.54, 1.807) is 6.20 Å². The number of carbonyl (C=O) groups excluding carboxylic acids is 1. The Morgan fingerprint density at radius 2 is 2.17 bits per heavy atom. The molecule has 2 heterocycles. The quantitative estimate of drug-likeness (QED) is 0.673. The monoisotopic (exact) mass is 256 g/mol. The summed E-state index contributed by atoms with van der Waals surface area (Å²) in [5, 5.41) is 2.02. The van der Waals surface area contributed by atoms with Gasteiger partial charge in [0.15, 0.2) is 6.29 Å². The van der Waals surface area contributed by atoms with Crippen LogP contribution in [0.25, 0.3) is 10.9 Å². The molecule has 4 nitrogen and oxygen atoms in total. The Labute approximate surface area is 107 Å². The highest BCUT2D eigenvalue weighted by molar-refractivity contribution is 7.99. The van der Waals surface area contributed by atoms with Gasteiger partial charge in [-0.2, -0.15) is 0 Å². The lowest BCUT2D eigenvalue weighted by molar-refractivity contribution is 0.112. The second-order valence-corrected chi connectivity index (χ2v) is 4.53. The second-order valence-electron chi connectivity index (χ2n) is 3.59. The van der Waals surface area contributed by atoms with E-state index in [0.29, 0.717) is 15.8 Å². The molecule has 3 rings (SSSR count). The van der Waals surface area contributed by atoms with E-state index in [9.17, 15) is 4.79 Å². The molecule has 0 radical (unpaired) electrons. The van der Waals surface area contributed by atoms with E-state index < -0.39 is 0 Å². The van der Waals surface area contributed by atoms with Crippen molar-refractivity contribution in [2.24, 2.45) is 0 Å². The summed E-state index contributed by atoms with van der Waals surface area (Å²) in [6, 6.07) is 9.48. The summed E-state index contributed by atoms with van der Waals surface area (Å²) in [7, 11) is 0. The summed E-state index contributed by atoms with van der Waals surface area (Å²) < 4.78 is 5.14. The van der Waals surface area contributed by atoms with Gasteiger partial charge in [0.05, 0.1) is 11.7 Å². The van der Waals surface area contributed by atoms with E-state index in [0.717, 1.165) is 17.2 Å². The molecule has 5 heteroatoms. The lowest BCUT2D eigenvalue weighted by Gasteiger charge is -2.03. The van der Waals surface area contributed by atoms with Crippen molar-refractivity contribution in [3.8, 4) is 0 Å². The molecule has 0 unspecified atom stereocenters.